The maximum atomic E-state index is 10.1. The third kappa shape index (κ3) is 3.05. The Bertz CT molecular complexity index is 744. The SMILES string of the molecule is COc1ccc(C2CC(O)OC(c3ccccc3)=C2C#N)cc1. The minimum absolute atomic E-state index is 0.204. The van der Waals surface area contributed by atoms with Crippen molar-refractivity contribution in [1.29, 1.82) is 5.26 Å². The van der Waals surface area contributed by atoms with Crippen LogP contribution < -0.4 is 4.74 Å². The summed E-state index contributed by atoms with van der Waals surface area (Å²) in [4.78, 5) is 0. The molecule has 3 rings (SSSR count). The van der Waals surface area contributed by atoms with Gasteiger partial charge in [-0.1, -0.05) is 42.5 Å². The van der Waals surface area contributed by atoms with Crippen LogP contribution in [0, 0.1) is 11.3 Å². The summed E-state index contributed by atoms with van der Waals surface area (Å²) >= 11 is 0. The van der Waals surface area contributed by atoms with Gasteiger partial charge in [-0.2, -0.15) is 5.26 Å². The van der Waals surface area contributed by atoms with Gasteiger partial charge in [0.25, 0.3) is 0 Å². The lowest BCUT2D eigenvalue weighted by Gasteiger charge is -2.29. The van der Waals surface area contributed by atoms with Crippen molar-refractivity contribution < 1.29 is 14.6 Å². The van der Waals surface area contributed by atoms with Gasteiger partial charge in [0.2, 0.25) is 0 Å². The Morgan fingerprint density at radius 2 is 1.83 bits per heavy atom. The van der Waals surface area contributed by atoms with E-state index in [1.54, 1.807) is 7.11 Å². The highest BCUT2D eigenvalue weighted by atomic mass is 16.6. The van der Waals surface area contributed by atoms with E-state index in [1.165, 1.54) is 0 Å². The van der Waals surface area contributed by atoms with Crippen molar-refractivity contribution in [3.8, 4) is 11.8 Å². The van der Waals surface area contributed by atoms with E-state index < -0.39 is 6.29 Å². The first-order chi connectivity index (χ1) is 11.2. The van der Waals surface area contributed by atoms with Gasteiger partial charge in [-0.05, 0) is 17.7 Å². The molecule has 2 aromatic rings. The van der Waals surface area contributed by atoms with Crippen LogP contribution in [-0.4, -0.2) is 18.5 Å². The van der Waals surface area contributed by atoms with E-state index in [9.17, 15) is 10.4 Å². The van der Waals surface area contributed by atoms with Gasteiger partial charge in [-0.15, -0.1) is 0 Å². The van der Waals surface area contributed by atoms with Crippen LogP contribution in [-0.2, 0) is 4.74 Å². The van der Waals surface area contributed by atoms with Crippen molar-refractivity contribution >= 4 is 5.76 Å². The van der Waals surface area contributed by atoms with Crippen molar-refractivity contribution in [2.24, 2.45) is 0 Å². The number of allylic oxidation sites excluding steroid dienone is 1. The maximum Gasteiger partial charge on any atom is 0.198 e. The van der Waals surface area contributed by atoms with Gasteiger partial charge < -0.3 is 14.6 Å². The molecule has 0 fully saturated rings. The molecule has 0 aliphatic carbocycles. The average molecular weight is 307 g/mol. The fourth-order valence-corrected chi connectivity index (χ4v) is 2.81. The van der Waals surface area contributed by atoms with Gasteiger partial charge in [0, 0.05) is 17.9 Å². The van der Waals surface area contributed by atoms with E-state index >= 15 is 0 Å². The van der Waals surface area contributed by atoms with Gasteiger partial charge in [0.1, 0.15) is 11.5 Å². The molecule has 2 unspecified atom stereocenters. The molecule has 1 aliphatic rings. The second-order valence-corrected chi connectivity index (χ2v) is 5.35. The number of ether oxygens (including phenoxy) is 2. The number of hydrogen-bond donors (Lipinski definition) is 1. The molecule has 0 amide bonds. The molecule has 0 radical (unpaired) electrons. The van der Waals surface area contributed by atoms with Gasteiger partial charge in [0.05, 0.1) is 18.8 Å². The van der Waals surface area contributed by atoms with Crippen molar-refractivity contribution in [3.63, 3.8) is 0 Å². The first-order valence-electron chi connectivity index (χ1n) is 7.41. The van der Waals surface area contributed by atoms with Crippen LogP contribution >= 0.6 is 0 Å². The summed E-state index contributed by atoms with van der Waals surface area (Å²) in [6.45, 7) is 0. The Balaban J connectivity index is 2.06. The van der Waals surface area contributed by atoms with Crippen molar-refractivity contribution in [2.75, 3.05) is 7.11 Å². The van der Waals surface area contributed by atoms with E-state index in [0.29, 0.717) is 17.8 Å². The van der Waals surface area contributed by atoms with Crippen molar-refractivity contribution in [1.82, 2.24) is 0 Å². The van der Waals surface area contributed by atoms with Gasteiger partial charge in [0.15, 0.2) is 6.29 Å². The van der Waals surface area contributed by atoms with E-state index in [-0.39, 0.29) is 5.92 Å². The summed E-state index contributed by atoms with van der Waals surface area (Å²) in [5.74, 6) is 1.00. The van der Waals surface area contributed by atoms with E-state index in [4.69, 9.17) is 9.47 Å². The molecule has 1 aliphatic heterocycles. The van der Waals surface area contributed by atoms with Crippen LogP contribution in [0.1, 0.15) is 23.5 Å². The fraction of sp³-hybridized carbons (Fsp3) is 0.211. The van der Waals surface area contributed by atoms with Gasteiger partial charge in [-0.3, -0.25) is 0 Å². The van der Waals surface area contributed by atoms with Crippen LogP contribution in [0.5, 0.6) is 5.75 Å². The lowest BCUT2D eigenvalue weighted by Crippen LogP contribution is -2.23. The average Bonchev–Trinajstić information content (AvgIpc) is 2.62. The van der Waals surface area contributed by atoms with Crippen molar-refractivity contribution in [2.45, 2.75) is 18.6 Å². The molecule has 0 saturated heterocycles. The largest absolute Gasteiger partial charge is 0.497 e. The molecule has 4 nitrogen and oxygen atoms in total. The topological polar surface area (TPSA) is 62.5 Å². The summed E-state index contributed by atoms with van der Waals surface area (Å²) in [5, 5.41) is 19.7. The normalized spacial score (nSPS) is 20.6. The second-order valence-electron chi connectivity index (χ2n) is 5.35. The molecular formula is C19H17NO3. The fourth-order valence-electron chi connectivity index (χ4n) is 2.81. The van der Waals surface area contributed by atoms with E-state index in [2.05, 4.69) is 6.07 Å². The lowest BCUT2D eigenvalue weighted by atomic mass is 9.85. The second kappa shape index (κ2) is 6.55. The minimum Gasteiger partial charge on any atom is -0.497 e. The predicted molar refractivity (Wildman–Crippen MR) is 86.4 cm³/mol. The third-order valence-electron chi connectivity index (χ3n) is 3.96. The van der Waals surface area contributed by atoms with Gasteiger partial charge >= 0.3 is 0 Å². The molecule has 0 spiro atoms. The summed E-state index contributed by atoms with van der Waals surface area (Å²) in [5.41, 5.74) is 2.28. The maximum absolute atomic E-state index is 10.1. The highest BCUT2D eigenvalue weighted by molar-refractivity contribution is 5.69. The standard InChI is InChI=1S/C19H17NO3/c1-22-15-9-7-13(8-10-15)16-11-18(21)23-19(17(16)12-20)14-5-3-2-4-6-14/h2-10,16,18,21H,11H2,1H3. The highest BCUT2D eigenvalue weighted by Gasteiger charge is 2.31. The zero-order valence-corrected chi connectivity index (χ0v) is 12.8. The number of hydrogen-bond acceptors (Lipinski definition) is 4. The van der Waals surface area contributed by atoms with Crippen LogP contribution in [0.2, 0.25) is 0 Å². The number of benzene rings is 2. The Hall–Kier alpha value is -2.77. The molecule has 1 heterocycles. The molecule has 0 saturated carbocycles. The summed E-state index contributed by atoms with van der Waals surface area (Å²) < 4.78 is 10.7. The minimum atomic E-state index is -0.936. The Morgan fingerprint density at radius 1 is 1.13 bits per heavy atom. The molecule has 2 aromatic carbocycles. The highest BCUT2D eigenvalue weighted by Crippen LogP contribution is 2.40. The predicted octanol–water partition coefficient (Wildman–Crippen LogP) is 3.45. The Morgan fingerprint density at radius 3 is 2.43 bits per heavy atom. The monoisotopic (exact) mass is 307 g/mol. The number of nitrogens with zero attached hydrogens (tertiary/aromatic N) is 1. The first-order valence-corrected chi connectivity index (χ1v) is 7.41. The van der Waals surface area contributed by atoms with Crippen LogP contribution in [0.4, 0.5) is 0 Å². The molecule has 2 atom stereocenters. The van der Waals surface area contributed by atoms with Crippen LogP contribution in [0.25, 0.3) is 5.76 Å². The van der Waals surface area contributed by atoms with Crippen LogP contribution in [0.15, 0.2) is 60.2 Å². The first kappa shape index (κ1) is 15.1. The van der Waals surface area contributed by atoms with E-state index in [0.717, 1.165) is 16.9 Å². The number of aliphatic hydroxyl groups is 1. The summed E-state index contributed by atoms with van der Waals surface area (Å²) in [6, 6.07) is 19.2. The zero-order valence-electron chi connectivity index (χ0n) is 12.8. The van der Waals surface area contributed by atoms with E-state index in [1.807, 2.05) is 54.6 Å². The zero-order chi connectivity index (χ0) is 16.2. The summed E-state index contributed by atoms with van der Waals surface area (Å²) in [6.07, 6.45) is -0.583. The smallest absolute Gasteiger partial charge is 0.198 e. The molecular weight excluding hydrogens is 290 g/mol. The Labute approximate surface area is 135 Å². The third-order valence-corrected chi connectivity index (χ3v) is 3.96. The Kier molecular flexibility index (Phi) is 4.31. The van der Waals surface area contributed by atoms with Crippen molar-refractivity contribution in [3.05, 3.63) is 71.3 Å². The quantitative estimate of drug-likeness (QED) is 0.943. The molecule has 1 N–H and O–H groups in total. The van der Waals surface area contributed by atoms with Gasteiger partial charge in [-0.25, -0.2) is 0 Å². The number of aliphatic hydroxyl groups excluding tert-OH is 1. The number of rotatable bonds is 3. The summed E-state index contributed by atoms with van der Waals surface area (Å²) in [7, 11) is 1.61. The number of nitriles is 1. The lowest BCUT2D eigenvalue weighted by molar-refractivity contribution is -0.0545. The molecule has 23 heavy (non-hydrogen) atoms. The molecule has 0 bridgehead atoms. The molecule has 0 aromatic heterocycles. The number of methoxy groups -OCH3 is 1. The molecule has 4 heteroatoms. The van der Waals surface area contributed by atoms with Crippen LogP contribution in [0.3, 0.4) is 0 Å². The molecule has 116 valence electrons.